The van der Waals surface area contributed by atoms with Crippen LogP contribution in [0.15, 0.2) is 0 Å². The van der Waals surface area contributed by atoms with Crippen LogP contribution in [0.2, 0.25) is 0 Å². The van der Waals surface area contributed by atoms with Crippen LogP contribution in [0.5, 0.6) is 0 Å². The molecule has 2 nitrogen and oxygen atoms in total. The fraction of sp³-hybridized carbons (Fsp3) is 0.833. The summed E-state index contributed by atoms with van der Waals surface area (Å²) in [6.45, 7) is 2.03. The number of halogens is 1. The first-order valence-corrected chi connectivity index (χ1v) is 4.33. The maximum atomic E-state index is 10.7. The van der Waals surface area contributed by atoms with Crippen molar-refractivity contribution in [3.8, 4) is 0 Å². The van der Waals surface area contributed by atoms with Gasteiger partial charge in [0.15, 0.2) is 0 Å². The van der Waals surface area contributed by atoms with Gasteiger partial charge in [-0.2, -0.15) is 0 Å². The number of cyclic esters (lactones) is 1. The lowest BCUT2D eigenvalue weighted by atomic mass is 10.2. The molecule has 1 fully saturated rings. The first-order chi connectivity index (χ1) is 4.24. The van der Waals surface area contributed by atoms with Crippen molar-refractivity contribution in [2.24, 2.45) is 0 Å². The van der Waals surface area contributed by atoms with E-state index in [9.17, 15) is 4.79 Å². The van der Waals surface area contributed by atoms with Gasteiger partial charge in [0.1, 0.15) is 10.0 Å². The number of carbonyl (C=O) groups excluding carboxylic acids is 1. The fourth-order valence-corrected chi connectivity index (χ4v) is 1.58. The Morgan fingerprint density at radius 2 is 2.56 bits per heavy atom. The molecule has 1 saturated heterocycles. The Balaban J connectivity index is 2.44. The summed E-state index contributed by atoms with van der Waals surface area (Å²) in [4.78, 5) is 10.7. The Kier molecular flexibility index (Phi) is 2.32. The van der Waals surface area contributed by atoms with Crippen LogP contribution >= 0.6 is 22.6 Å². The van der Waals surface area contributed by atoms with Gasteiger partial charge in [0.2, 0.25) is 0 Å². The van der Waals surface area contributed by atoms with E-state index in [1.54, 1.807) is 0 Å². The van der Waals surface area contributed by atoms with Gasteiger partial charge in [-0.15, -0.1) is 0 Å². The summed E-state index contributed by atoms with van der Waals surface area (Å²) in [7, 11) is 0. The molecule has 9 heavy (non-hydrogen) atoms. The van der Waals surface area contributed by atoms with Crippen molar-refractivity contribution in [2.75, 3.05) is 0 Å². The molecular weight excluding hydrogens is 231 g/mol. The van der Waals surface area contributed by atoms with Crippen molar-refractivity contribution in [3.05, 3.63) is 0 Å². The van der Waals surface area contributed by atoms with Gasteiger partial charge in [-0.1, -0.05) is 29.5 Å². The van der Waals surface area contributed by atoms with E-state index < -0.39 is 0 Å². The molecule has 0 radical (unpaired) electrons. The fourth-order valence-electron chi connectivity index (χ4n) is 0.863. The zero-order valence-electron chi connectivity index (χ0n) is 5.26. The molecular formula is C6H9IO2. The summed E-state index contributed by atoms with van der Waals surface area (Å²) in [6, 6.07) is 0. The van der Waals surface area contributed by atoms with E-state index in [1.165, 1.54) is 0 Å². The molecule has 0 saturated carbocycles. The predicted octanol–water partition coefficient (Wildman–Crippen LogP) is 1.52. The molecule has 1 heterocycles. The van der Waals surface area contributed by atoms with Crippen molar-refractivity contribution in [1.29, 1.82) is 0 Å². The minimum Gasteiger partial charge on any atom is -0.462 e. The van der Waals surface area contributed by atoms with Crippen LogP contribution in [0.4, 0.5) is 0 Å². The molecule has 0 aliphatic carbocycles. The van der Waals surface area contributed by atoms with Crippen LogP contribution in [0.25, 0.3) is 0 Å². The van der Waals surface area contributed by atoms with Gasteiger partial charge in [0.25, 0.3) is 0 Å². The van der Waals surface area contributed by atoms with Gasteiger partial charge in [-0.25, -0.2) is 0 Å². The smallest absolute Gasteiger partial charge is 0.319 e. The topological polar surface area (TPSA) is 26.3 Å². The molecule has 52 valence electrons. The maximum absolute atomic E-state index is 10.7. The number of carbonyl (C=O) groups is 1. The Labute approximate surface area is 68.1 Å². The lowest BCUT2D eigenvalue weighted by Crippen LogP contribution is -2.05. The average Bonchev–Trinajstić information content (AvgIpc) is 2.13. The number of rotatable bonds is 1. The molecule has 0 spiro atoms. The molecule has 2 unspecified atom stereocenters. The average molecular weight is 240 g/mol. The summed E-state index contributed by atoms with van der Waals surface area (Å²) in [6.07, 6.45) is 2.04. The third-order valence-electron chi connectivity index (χ3n) is 1.46. The summed E-state index contributed by atoms with van der Waals surface area (Å²) in [5, 5.41) is 0. The molecule has 1 rings (SSSR count). The monoisotopic (exact) mass is 240 g/mol. The van der Waals surface area contributed by atoms with Gasteiger partial charge >= 0.3 is 5.97 Å². The number of hydrogen-bond donors (Lipinski definition) is 0. The molecule has 1 aliphatic rings. The highest BCUT2D eigenvalue weighted by atomic mass is 127. The molecule has 0 aromatic carbocycles. The van der Waals surface area contributed by atoms with Crippen LogP contribution in [-0.2, 0) is 9.53 Å². The SMILES string of the molecule is CCC1CC(I)C(=O)O1. The second kappa shape index (κ2) is 2.86. The molecule has 0 bridgehead atoms. The number of hydrogen-bond acceptors (Lipinski definition) is 2. The highest BCUT2D eigenvalue weighted by Crippen LogP contribution is 2.23. The van der Waals surface area contributed by atoms with Crippen LogP contribution in [-0.4, -0.2) is 16.0 Å². The van der Waals surface area contributed by atoms with Crippen LogP contribution in [0.3, 0.4) is 0 Å². The Morgan fingerprint density at radius 3 is 2.78 bits per heavy atom. The van der Waals surface area contributed by atoms with Gasteiger partial charge in [0.05, 0.1) is 0 Å². The minimum atomic E-state index is -0.0394. The van der Waals surface area contributed by atoms with Crippen molar-refractivity contribution in [2.45, 2.75) is 29.8 Å². The number of esters is 1. The van der Waals surface area contributed by atoms with Crippen molar-refractivity contribution in [3.63, 3.8) is 0 Å². The molecule has 2 atom stereocenters. The lowest BCUT2D eigenvalue weighted by molar-refractivity contribution is -0.140. The van der Waals surface area contributed by atoms with E-state index in [1.807, 2.05) is 6.92 Å². The predicted molar refractivity (Wildman–Crippen MR) is 42.6 cm³/mol. The van der Waals surface area contributed by atoms with Crippen molar-refractivity contribution in [1.82, 2.24) is 0 Å². The van der Waals surface area contributed by atoms with Crippen molar-refractivity contribution < 1.29 is 9.53 Å². The molecule has 0 aromatic heterocycles. The van der Waals surface area contributed by atoms with Crippen molar-refractivity contribution >= 4 is 28.6 Å². The van der Waals surface area contributed by atoms with E-state index in [4.69, 9.17) is 4.74 Å². The molecule has 0 amide bonds. The Bertz CT molecular complexity index is 124. The zero-order valence-corrected chi connectivity index (χ0v) is 7.42. The molecule has 0 N–H and O–H groups in total. The van der Waals surface area contributed by atoms with Crippen LogP contribution in [0.1, 0.15) is 19.8 Å². The lowest BCUT2D eigenvalue weighted by Gasteiger charge is -2.01. The second-order valence-electron chi connectivity index (χ2n) is 2.17. The summed E-state index contributed by atoms with van der Waals surface area (Å²) >= 11 is 2.12. The largest absolute Gasteiger partial charge is 0.462 e. The second-order valence-corrected chi connectivity index (χ2v) is 3.67. The maximum Gasteiger partial charge on any atom is 0.319 e. The van der Waals surface area contributed by atoms with Crippen LogP contribution in [0, 0.1) is 0 Å². The Hall–Kier alpha value is 0.200. The quantitative estimate of drug-likeness (QED) is 0.394. The summed E-state index contributed by atoms with van der Waals surface area (Å²) in [5.41, 5.74) is 0. The molecule has 0 aromatic rings. The van der Waals surface area contributed by atoms with E-state index >= 15 is 0 Å². The van der Waals surface area contributed by atoms with Gasteiger partial charge in [-0.3, -0.25) is 4.79 Å². The molecule has 1 aliphatic heterocycles. The van der Waals surface area contributed by atoms with E-state index in [0.717, 1.165) is 12.8 Å². The minimum absolute atomic E-state index is 0.0394. The van der Waals surface area contributed by atoms with Gasteiger partial charge in [0, 0.05) is 6.42 Å². The molecule has 3 heteroatoms. The highest BCUT2D eigenvalue weighted by Gasteiger charge is 2.30. The third kappa shape index (κ3) is 1.56. The van der Waals surface area contributed by atoms with Gasteiger partial charge < -0.3 is 4.74 Å². The van der Waals surface area contributed by atoms with Gasteiger partial charge in [-0.05, 0) is 6.42 Å². The zero-order chi connectivity index (χ0) is 6.85. The Morgan fingerprint density at radius 1 is 1.89 bits per heavy atom. The summed E-state index contributed by atoms with van der Waals surface area (Å²) < 4.78 is 5.08. The highest BCUT2D eigenvalue weighted by molar-refractivity contribution is 14.1. The normalized spacial score (nSPS) is 34.7. The number of alkyl halides is 1. The number of ether oxygens (including phenoxy) is 1. The van der Waals surface area contributed by atoms with E-state index in [0.29, 0.717) is 0 Å². The van der Waals surface area contributed by atoms with E-state index in [-0.39, 0.29) is 16.0 Å². The van der Waals surface area contributed by atoms with E-state index in [2.05, 4.69) is 22.6 Å². The summed E-state index contributed by atoms with van der Waals surface area (Å²) in [5.74, 6) is -0.0394. The van der Waals surface area contributed by atoms with Crippen LogP contribution < -0.4 is 0 Å². The third-order valence-corrected chi connectivity index (χ3v) is 2.48. The first-order valence-electron chi connectivity index (χ1n) is 3.08. The first kappa shape index (κ1) is 7.31. The standard InChI is InChI=1S/C6H9IO2/c1-2-4-3-5(7)6(8)9-4/h4-5H,2-3H2,1H3.